The molecule has 0 saturated heterocycles. The van der Waals surface area contributed by atoms with Gasteiger partial charge in [0, 0.05) is 16.4 Å². The molecule has 0 heterocycles. The summed E-state index contributed by atoms with van der Waals surface area (Å²) in [6.45, 7) is 0. The van der Waals surface area contributed by atoms with E-state index in [1.165, 1.54) is 6.07 Å². The van der Waals surface area contributed by atoms with Crippen molar-refractivity contribution in [1.29, 1.82) is 0 Å². The van der Waals surface area contributed by atoms with Crippen LogP contribution in [0.1, 0.15) is 5.56 Å². The molecule has 0 aliphatic carbocycles. The van der Waals surface area contributed by atoms with Gasteiger partial charge in [-0.1, -0.05) is 42.5 Å². The lowest BCUT2D eigenvalue weighted by molar-refractivity contribution is -0.115. The Morgan fingerprint density at radius 1 is 1.10 bits per heavy atom. The van der Waals surface area contributed by atoms with E-state index in [0.29, 0.717) is 5.56 Å². The minimum absolute atomic E-state index is 0.0101. The van der Waals surface area contributed by atoms with Crippen molar-refractivity contribution in [2.24, 2.45) is 5.73 Å². The van der Waals surface area contributed by atoms with Gasteiger partial charge in [0.25, 0.3) is 0 Å². The van der Waals surface area contributed by atoms with Gasteiger partial charge in [-0.2, -0.15) is 0 Å². The fourth-order valence-corrected chi connectivity index (χ4v) is 2.86. The molecule has 1 unspecified atom stereocenters. The van der Waals surface area contributed by atoms with Gasteiger partial charge in [-0.25, -0.2) is 4.39 Å². The van der Waals surface area contributed by atoms with Crippen molar-refractivity contribution in [3.05, 3.63) is 59.9 Å². The zero-order chi connectivity index (χ0) is 14.5. The second kappa shape index (κ2) is 6.43. The third-order valence-corrected chi connectivity index (χ3v) is 4.02. The Morgan fingerprint density at radius 3 is 2.40 bits per heavy atom. The highest BCUT2D eigenvalue weighted by Gasteiger charge is 2.10. The van der Waals surface area contributed by atoms with Crippen LogP contribution in [-0.4, -0.2) is 15.9 Å². The molecule has 0 aromatic heterocycles. The molecule has 3 nitrogen and oxygen atoms in total. The quantitative estimate of drug-likeness (QED) is 0.918. The predicted molar refractivity (Wildman–Crippen MR) is 77.7 cm³/mol. The first-order chi connectivity index (χ1) is 9.56. The molecule has 0 fully saturated rings. The van der Waals surface area contributed by atoms with E-state index >= 15 is 0 Å². The standard InChI is InChI=1S/C15H14FNO2S/c16-14-8-12(11-4-2-1-3-5-11)6-7-13(14)9-20(19)10-15(17)18/h1-8H,9-10H2,(H2,17,18). The largest absolute Gasteiger partial charge is 0.369 e. The normalized spacial score (nSPS) is 12.1. The minimum Gasteiger partial charge on any atom is -0.369 e. The smallest absolute Gasteiger partial charge is 0.230 e. The van der Waals surface area contributed by atoms with E-state index < -0.39 is 22.5 Å². The summed E-state index contributed by atoms with van der Waals surface area (Å²) in [4.78, 5) is 10.7. The van der Waals surface area contributed by atoms with Crippen molar-refractivity contribution in [2.45, 2.75) is 5.75 Å². The number of hydrogen-bond acceptors (Lipinski definition) is 2. The number of hydrogen-bond donors (Lipinski definition) is 1. The van der Waals surface area contributed by atoms with E-state index in [0.717, 1.165) is 11.1 Å². The summed E-state index contributed by atoms with van der Waals surface area (Å²) in [5, 5.41) is 0. The Morgan fingerprint density at radius 2 is 1.80 bits per heavy atom. The molecule has 0 spiro atoms. The van der Waals surface area contributed by atoms with Crippen LogP contribution in [0.25, 0.3) is 11.1 Å². The highest BCUT2D eigenvalue weighted by Crippen LogP contribution is 2.22. The number of nitrogens with two attached hydrogens (primary N) is 1. The number of halogens is 1. The molecular weight excluding hydrogens is 277 g/mol. The van der Waals surface area contributed by atoms with Crippen LogP contribution in [0.15, 0.2) is 48.5 Å². The molecule has 2 aromatic carbocycles. The summed E-state index contributed by atoms with van der Waals surface area (Å²) in [7, 11) is -1.48. The van der Waals surface area contributed by atoms with Crippen LogP contribution in [0.2, 0.25) is 0 Å². The van der Waals surface area contributed by atoms with Crippen molar-refractivity contribution in [2.75, 3.05) is 5.75 Å². The van der Waals surface area contributed by atoms with E-state index in [9.17, 15) is 13.4 Å². The van der Waals surface area contributed by atoms with Gasteiger partial charge in [0.1, 0.15) is 11.6 Å². The zero-order valence-corrected chi connectivity index (χ0v) is 11.5. The lowest BCUT2D eigenvalue weighted by Gasteiger charge is -2.06. The topological polar surface area (TPSA) is 60.2 Å². The van der Waals surface area contributed by atoms with Crippen LogP contribution < -0.4 is 5.73 Å². The van der Waals surface area contributed by atoms with Gasteiger partial charge in [0.2, 0.25) is 5.91 Å². The highest BCUT2D eigenvalue weighted by molar-refractivity contribution is 7.84. The number of rotatable bonds is 5. The number of carbonyl (C=O) groups excluding carboxylic acids is 1. The molecule has 0 aliphatic heterocycles. The molecule has 0 saturated carbocycles. The van der Waals surface area contributed by atoms with Crippen molar-refractivity contribution < 1.29 is 13.4 Å². The molecule has 0 aliphatic rings. The fraction of sp³-hybridized carbons (Fsp3) is 0.133. The van der Waals surface area contributed by atoms with E-state index in [1.807, 2.05) is 30.3 Å². The monoisotopic (exact) mass is 291 g/mol. The van der Waals surface area contributed by atoms with Gasteiger partial charge in [-0.3, -0.25) is 9.00 Å². The Labute approximate surface area is 119 Å². The van der Waals surface area contributed by atoms with Gasteiger partial charge in [0.15, 0.2) is 0 Å². The molecule has 5 heteroatoms. The first kappa shape index (κ1) is 14.4. The van der Waals surface area contributed by atoms with Gasteiger partial charge in [-0.05, 0) is 17.2 Å². The van der Waals surface area contributed by atoms with Crippen LogP contribution in [0.4, 0.5) is 4.39 Å². The third kappa shape index (κ3) is 3.74. The molecule has 0 radical (unpaired) electrons. The highest BCUT2D eigenvalue weighted by atomic mass is 32.2. The van der Waals surface area contributed by atoms with Crippen LogP contribution in [0.3, 0.4) is 0 Å². The Balaban J connectivity index is 2.18. The molecule has 104 valence electrons. The lowest BCUT2D eigenvalue weighted by Crippen LogP contribution is -2.20. The summed E-state index contributed by atoms with van der Waals surface area (Å²) < 4.78 is 25.6. The van der Waals surface area contributed by atoms with Crippen LogP contribution in [0.5, 0.6) is 0 Å². The summed E-state index contributed by atoms with van der Waals surface area (Å²) in [6, 6.07) is 14.2. The number of primary amides is 1. The van der Waals surface area contributed by atoms with Gasteiger partial charge >= 0.3 is 0 Å². The fourth-order valence-electron chi connectivity index (χ4n) is 1.86. The number of benzene rings is 2. The van der Waals surface area contributed by atoms with Crippen LogP contribution in [0, 0.1) is 5.82 Å². The van der Waals surface area contributed by atoms with E-state index in [2.05, 4.69) is 0 Å². The van der Waals surface area contributed by atoms with Crippen LogP contribution >= 0.6 is 0 Å². The van der Waals surface area contributed by atoms with E-state index in [1.54, 1.807) is 12.1 Å². The van der Waals surface area contributed by atoms with Crippen molar-refractivity contribution in [1.82, 2.24) is 0 Å². The molecule has 2 rings (SSSR count). The molecule has 2 N–H and O–H groups in total. The predicted octanol–water partition coefficient (Wildman–Crippen LogP) is 2.23. The molecule has 2 aromatic rings. The summed E-state index contributed by atoms with van der Waals surface area (Å²) in [5.74, 6) is -1.34. The maximum atomic E-state index is 14.0. The van der Waals surface area contributed by atoms with E-state index in [-0.39, 0.29) is 11.5 Å². The molecule has 1 atom stereocenters. The zero-order valence-electron chi connectivity index (χ0n) is 10.7. The average molecular weight is 291 g/mol. The second-order valence-electron chi connectivity index (χ2n) is 4.37. The molecule has 0 bridgehead atoms. The Kier molecular flexibility index (Phi) is 4.63. The van der Waals surface area contributed by atoms with Crippen molar-refractivity contribution >= 4 is 16.7 Å². The summed E-state index contributed by atoms with van der Waals surface area (Å²) in [5.41, 5.74) is 6.95. The van der Waals surface area contributed by atoms with Crippen molar-refractivity contribution in [3.8, 4) is 11.1 Å². The summed E-state index contributed by atoms with van der Waals surface area (Å²) in [6.07, 6.45) is 0. The van der Waals surface area contributed by atoms with E-state index in [4.69, 9.17) is 5.73 Å². The summed E-state index contributed by atoms with van der Waals surface area (Å²) >= 11 is 0. The Hall–Kier alpha value is -2.01. The first-order valence-corrected chi connectivity index (χ1v) is 7.52. The van der Waals surface area contributed by atoms with Crippen molar-refractivity contribution in [3.63, 3.8) is 0 Å². The molecule has 20 heavy (non-hydrogen) atoms. The minimum atomic E-state index is -1.48. The average Bonchev–Trinajstić information content (AvgIpc) is 2.41. The maximum absolute atomic E-state index is 14.0. The van der Waals surface area contributed by atoms with Gasteiger partial charge in [-0.15, -0.1) is 0 Å². The number of amides is 1. The second-order valence-corrected chi connectivity index (χ2v) is 5.82. The maximum Gasteiger partial charge on any atom is 0.230 e. The number of carbonyl (C=O) groups is 1. The lowest BCUT2D eigenvalue weighted by atomic mass is 10.0. The van der Waals surface area contributed by atoms with Gasteiger partial charge < -0.3 is 5.73 Å². The first-order valence-electron chi connectivity index (χ1n) is 6.03. The van der Waals surface area contributed by atoms with Gasteiger partial charge in [0.05, 0.1) is 5.75 Å². The SMILES string of the molecule is NC(=O)CS(=O)Cc1ccc(-c2ccccc2)cc1F. The molecule has 1 amide bonds. The van der Waals surface area contributed by atoms with Crippen LogP contribution in [-0.2, 0) is 21.3 Å². The third-order valence-electron chi connectivity index (χ3n) is 2.78. The Bertz CT molecular complexity index is 644. The molecular formula is C15H14FNO2S.